The van der Waals surface area contributed by atoms with Gasteiger partial charge in [0.05, 0.1) is 5.92 Å². The summed E-state index contributed by atoms with van der Waals surface area (Å²) in [7, 11) is 4.15. The third-order valence-electron chi connectivity index (χ3n) is 3.37. The molecule has 0 spiro atoms. The van der Waals surface area contributed by atoms with E-state index in [0.717, 1.165) is 52.0 Å². The monoisotopic (exact) mass is 241 g/mol. The summed E-state index contributed by atoms with van der Waals surface area (Å²) in [5, 5.41) is 3.31. The first-order valence-corrected chi connectivity index (χ1v) is 6.79. The van der Waals surface area contributed by atoms with Crippen molar-refractivity contribution in [2.45, 2.75) is 26.2 Å². The number of carbonyl (C=O) groups is 1. The zero-order valence-electron chi connectivity index (χ0n) is 11.5. The van der Waals surface area contributed by atoms with Crippen LogP contribution in [0.2, 0.25) is 0 Å². The van der Waals surface area contributed by atoms with Crippen LogP contribution in [0.5, 0.6) is 0 Å². The van der Waals surface area contributed by atoms with E-state index in [4.69, 9.17) is 0 Å². The highest BCUT2D eigenvalue weighted by molar-refractivity contribution is 5.79. The number of carbonyl (C=O) groups excluding carboxylic acids is 1. The summed E-state index contributed by atoms with van der Waals surface area (Å²) in [6, 6.07) is 0. The Bertz CT molecular complexity index is 225. The zero-order valence-corrected chi connectivity index (χ0v) is 11.5. The topological polar surface area (TPSA) is 35.6 Å². The quantitative estimate of drug-likeness (QED) is 0.747. The maximum atomic E-state index is 12.3. The van der Waals surface area contributed by atoms with E-state index in [9.17, 15) is 4.79 Å². The maximum absolute atomic E-state index is 12.3. The molecule has 0 aromatic rings. The highest BCUT2D eigenvalue weighted by Crippen LogP contribution is 2.13. The predicted molar refractivity (Wildman–Crippen MR) is 71.0 cm³/mol. The summed E-state index contributed by atoms with van der Waals surface area (Å²) in [6.07, 6.45) is 3.24. The van der Waals surface area contributed by atoms with Gasteiger partial charge in [-0.1, -0.05) is 0 Å². The third-order valence-corrected chi connectivity index (χ3v) is 3.37. The Balaban J connectivity index is 2.34. The van der Waals surface area contributed by atoms with Crippen LogP contribution < -0.4 is 5.32 Å². The van der Waals surface area contributed by atoms with Crippen LogP contribution in [0.4, 0.5) is 0 Å². The van der Waals surface area contributed by atoms with Crippen molar-refractivity contribution < 1.29 is 4.79 Å². The molecule has 100 valence electrons. The SMILES string of the molecule is CCN(CCCN(C)C)C(=O)[C@H]1CCCNC1. The maximum Gasteiger partial charge on any atom is 0.226 e. The van der Waals surface area contributed by atoms with Gasteiger partial charge < -0.3 is 15.1 Å². The number of nitrogens with zero attached hydrogens (tertiary/aromatic N) is 2. The van der Waals surface area contributed by atoms with Crippen molar-refractivity contribution in [2.75, 3.05) is 46.8 Å². The van der Waals surface area contributed by atoms with Crippen molar-refractivity contribution in [3.63, 3.8) is 0 Å². The average molecular weight is 241 g/mol. The molecule has 1 saturated heterocycles. The minimum atomic E-state index is 0.211. The third kappa shape index (κ3) is 5.04. The second-order valence-corrected chi connectivity index (χ2v) is 5.12. The van der Waals surface area contributed by atoms with Crippen LogP contribution in [0.25, 0.3) is 0 Å². The van der Waals surface area contributed by atoms with E-state index in [1.165, 1.54) is 0 Å². The van der Waals surface area contributed by atoms with Gasteiger partial charge in [0.2, 0.25) is 5.91 Å². The summed E-state index contributed by atoms with van der Waals surface area (Å²) in [5.74, 6) is 0.557. The Kier molecular flexibility index (Phi) is 6.52. The molecule has 1 aliphatic heterocycles. The highest BCUT2D eigenvalue weighted by Gasteiger charge is 2.24. The van der Waals surface area contributed by atoms with Crippen LogP contribution in [0.3, 0.4) is 0 Å². The van der Waals surface area contributed by atoms with E-state index in [1.54, 1.807) is 0 Å². The Morgan fingerprint density at radius 3 is 2.65 bits per heavy atom. The van der Waals surface area contributed by atoms with Crippen LogP contribution in [-0.2, 0) is 4.79 Å². The second kappa shape index (κ2) is 7.67. The van der Waals surface area contributed by atoms with Crippen molar-refractivity contribution in [3.05, 3.63) is 0 Å². The molecule has 17 heavy (non-hydrogen) atoms. The van der Waals surface area contributed by atoms with Crippen molar-refractivity contribution in [1.29, 1.82) is 0 Å². The van der Waals surface area contributed by atoms with Gasteiger partial charge in [-0.15, -0.1) is 0 Å². The summed E-state index contributed by atoms with van der Waals surface area (Å²) in [5.41, 5.74) is 0. The molecular formula is C13H27N3O. The molecule has 0 aromatic carbocycles. The minimum Gasteiger partial charge on any atom is -0.343 e. The van der Waals surface area contributed by atoms with Crippen LogP contribution in [-0.4, -0.2) is 62.5 Å². The van der Waals surface area contributed by atoms with Gasteiger partial charge in [0.25, 0.3) is 0 Å². The van der Waals surface area contributed by atoms with Gasteiger partial charge in [-0.25, -0.2) is 0 Å². The predicted octanol–water partition coefficient (Wildman–Crippen LogP) is 0.786. The first-order valence-electron chi connectivity index (χ1n) is 6.79. The highest BCUT2D eigenvalue weighted by atomic mass is 16.2. The number of amides is 1. The van der Waals surface area contributed by atoms with Gasteiger partial charge in [0, 0.05) is 19.6 Å². The van der Waals surface area contributed by atoms with Crippen LogP contribution >= 0.6 is 0 Å². The largest absolute Gasteiger partial charge is 0.343 e. The van der Waals surface area contributed by atoms with Gasteiger partial charge in [-0.2, -0.15) is 0 Å². The molecule has 0 aliphatic carbocycles. The van der Waals surface area contributed by atoms with E-state index >= 15 is 0 Å². The van der Waals surface area contributed by atoms with E-state index in [2.05, 4.69) is 31.2 Å². The van der Waals surface area contributed by atoms with Gasteiger partial charge in [-0.05, 0) is 53.4 Å². The first-order chi connectivity index (χ1) is 8.15. The molecule has 1 rings (SSSR count). The van der Waals surface area contributed by atoms with E-state index in [0.29, 0.717) is 5.91 Å². The van der Waals surface area contributed by atoms with Crippen molar-refractivity contribution in [3.8, 4) is 0 Å². The van der Waals surface area contributed by atoms with Gasteiger partial charge in [-0.3, -0.25) is 4.79 Å². The number of piperidine rings is 1. The molecule has 0 unspecified atom stereocenters. The molecule has 4 nitrogen and oxygen atoms in total. The fourth-order valence-electron chi connectivity index (χ4n) is 2.32. The number of rotatable bonds is 6. The minimum absolute atomic E-state index is 0.211. The smallest absolute Gasteiger partial charge is 0.226 e. The molecule has 0 radical (unpaired) electrons. The molecular weight excluding hydrogens is 214 g/mol. The van der Waals surface area contributed by atoms with Crippen LogP contribution in [0, 0.1) is 5.92 Å². The molecule has 0 aromatic heterocycles. The standard InChI is InChI=1S/C13H27N3O/c1-4-16(10-6-9-15(2)3)13(17)12-7-5-8-14-11-12/h12,14H,4-11H2,1-3H3/t12-/m0/s1. The lowest BCUT2D eigenvalue weighted by atomic mass is 9.98. The van der Waals surface area contributed by atoms with E-state index in [1.807, 2.05) is 4.90 Å². The van der Waals surface area contributed by atoms with E-state index < -0.39 is 0 Å². The number of hydrogen-bond acceptors (Lipinski definition) is 3. The van der Waals surface area contributed by atoms with Crippen molar-refractivity contribution in [2.24, 2.45) is 5.92 Å². The Morgan fingerprint density at radius 2 is 2.12 bits per heavy atom. The lowest BCUT2D eigenvalue weighted by molar-refractivity contribution is -0.136. The molecule has 1 N–H and O–H groups in total. The van der Waals surface area contributed by atoms with Crippen molar-refractivity contribution in [1.82, 2.24) is 15.1 Å². The van der Waals surface area contributed by atoms with E-state index in [-0.39, 0.29) is 5.92 Å². The first kappa shape index (κ1) is 14.5. The normalized spacial score (nSPS) is 20.6. The fourth-order valence-corrected chi connectivity index (χ4v) is 2.32. The summed E-state index contributed by atoms with van der Waals surface area (Å²) >= 11 is 0. The molecule has 4 heteroatoms. The van der Waals surface area contributed by atoms with Gasteiger partial charge in [0.15, 0.2) is 0 Å². The molecule has 0 bridgehead atoms. The Labute approximate surface area is 105 Å². The number of nitrogens with one attached hydrogen (secondary N) is 1. The fraction of sp³-hybridized carbons (Fsp3) is 0.923. The molecule has 1 heterocycles. The summed E-state index contributed by atoms with van der Waals surface area (Å²) in [6.45, 7) is 6.78. The zero-order chi connectivity index (χ0) is 12.7. The second-order valence-electron chi connectivity index (χ2n) is 5.12. The lowest BCUT2D eigenvalue weighted by Gasteiger charge is -2.29. The molecule has 1 atom stereocenters. The lowest BCUT2D eigenvalue weighted by Crippen LogP contribution is -2.43. The summed E-state index contributed by atoms with van der Waals surface area (Å²) in [4.78, 5) is 16.5. The van der Waals surface area contributed by atoms with Gasteiger partial charge in [0.1, 0.15) is 0 Å². The molecule has 0 saturated carbocycles. The Morgan fingerprint density at radius 1 is 1.35 bits per heavy atom. The molecule has 1 amide bonds. The summed E-state index contributed by atoms with van der Waals surface area (Å²) < 4.78 is 0. The average Bonchev–Trinajstić information content (AvgIpc) is 2.34. The van der Waals surface area contributed by atoms with Crippen LogP contribution in [0.15, 0.2) is 0 Å². The van der Waals surface area contributed by atoms with Gasteiger partial charge >= 0.3 is 0 Å². The van der Waals surface area contributed by atoms with Crippen molar-refractivity contribution >= 4 is 5.91 Å². The number of hydrogen-bond donors (Lipinski definition) is 1. The van der Waals surface area contributed by atoms with Crippen LogP contribution in [0.1, 0.15) is 26.2 Å². The Hall–Kier alpha value is -0.610. The molecule has 1 fully saturated rings. The molecule has 1 aliphatic rings.